The first-order chi connectivity index (χ1) is 31.6. The molecular formula is C48H51N7O10S. The van der Waals surface area contributed by atoms with Crippen molar-refractivity contribution in [2.24, 2.45) is 5.92 Å². The van der Waals surface area contributed by atoms with Gasteiger partial charge in [-0.3, -0.25) is 28.8 Å². The summed E-state index contributed by atoms with van der Waals surface area (Å²) in [6.07, 6.45) is 6.71. The van der Waals surface area contributed by atoms with E-state index < -0.39 is 75.7 Å². The average Bonchev–Trinajstić information content (AvgIpc) is 3.88. The number of nitrogens with zero attached hydrogens (tertiary/aromatic N) is 3. The summed E-state index contributed by atoms with van der Waals surface area (Å²) in [5, 5.41) is 8.53. The monoisotopic (exact) mass is 917 g/mol. The zero-order valence-electron chi connectivity index (χ0n) is 36.5. The number of fused-ring (bicyclic) bond motifs is 1. The quantitative estimate of drug-likeness (QED) is 0.0574. The first-order valence-corrected chi connectivity index (χ1v) is 22.6. The Labute approximate surface area is 383 Å². The maximum Gasteiger partial charge on any atom is 0.264 e. The van der Waals surface area contributed by atoms with E-state index in [0.29, 0.717) is 28.1 Å². The largest absolute Gasteiger partial charge is 0.497 e. The van der Waals surface area contributed by atoms with Crippen molar-refractivity contribution in [1.29, 1.82) is 0 Å². The molecule has 1 saturated carbocycles. The topological polar surface area (TPSA) is 223 Å². The first kappa shape index (κ1) is 47.9. The van der Waals surface area contributed by atoms with Crippen LogP contribution in [0.2, 0.25) is 0 Å². The number of hydrogen-bond acceptors (Lipinski definition) is 11. The van der Waals surface area contributed by atoms with Crippen molar-refractivity contribution in [1.82, 2.24) is 35.5 Å². The predicted octanol–water partition coefficient (Wildman–Crippen LogP) is 2.87. The lowest BCUT2D eigenvalue weighted by Crippen LogP contribution is -2.59. The van der Waals surface area contributed by atoms with Crippen molar-refractivity contribution in [3.05, 3.63) is 110 Å². The third kappa shape index (κ3) is 11.2. The average molecular weight is 918 g/mol. The smallest absolute Gasteiger partial charge is 0.264 e. The minimum Gasteiger partial charge on any atom is -0.497 e. The van der Waals surface area contributed by atoms with Crippen LogP contribution < -0.4 is 30.1 Å². The second-order valence-corrected chi connectivity index (χ2v) is 17.6. The standard InChI is InChI=1S/C48H51N7O10S/c1-6-24-54(4)44(58)21-15-20-43(57)51-39(29-49-42(56)8-3)46(60)55-30-34(65-41-27-37(31-16-11-9-12-17-31)50-38-25-33(64-5)22-23-36(38)41)26-40(55)45(59)52-48(28-32(48)7-2)47(61)53-66(62,63)35-18-13-10-14-19-35/h1,7-14,16-19,22-23,25,27,32,34,39-40H,2-3,15,20-21,24,26,28-30H2,4-5H3,(H,49,56)(H,51,57)(H,52,59)(H,53,61). The van der Waals surface area contributed by atoms with E-state index >= 15 is 0 Å². The normalized spacial score (nSPS) is 19.0. The number of carbonyl (C=O) groups is 6. The van der Waals surface area contributed by atoms with Gasteiger partial charge in [0.25, 0.3) is 15.9 Å². The Hall–Kier alpha value is -7.52. The molecule has 2 aliphatic rings. The number of likely N-dealkylation sites (tertiary alicyclic amines) is 1. The molecule has 5 unspecified atom stereocenters. The second kappa shape index (κ2) is 21.0. The Morgan fingerprint density at radius 1 is 1.02 bits per heavy atom. The molecule has 1 aromatic heterocycles. The van der Waals surface area contributed by atoms with E-state index in [2.05, 4.69) is 39.8 Å². The van der Waals surface area contributed by atoms with Gasteiger partial charge in [0.2, 0.25) is 29.5 Å². The molecule has 1 saturated heterocycles. The highest BCUT2D eigenvalue weighted by molar-refractivity contribution is 7.90. The third-order valence-electron chi connectivity index (χ3n) is 11.4. The Bertz CT molecular complexity index is 2670. The maximum absolute atomic E-state index is 14.8. The van der Waals surface area contributed by atoms with Gasteiger partial charge in [-0.15, -0.1) is 13.0 Å². The number of pyridine rings is 1. The van der Waals surface area contributed by atoms with Crippen LogP contribution in [0.1, 0.15) is 32.1 Å². The molecule has 344 valence electrons. The fourth-order valence-electron chi connectivity index (χ4n) is 7.68. The molecule has 4 aromatic rings. The van der Waals surface area contributed by atoms with Gasteiger partial charge in [-0.1, -0.05) is 67.1 Å². The number of aromatic nitrogens is 1. The number of amides is 6. The van der Waals surface area contributed by atoms with Crippen LogP contribution in [0.3, 0.4) is 0 Å². The molecule has 0 spiro atoms. The Morgan fingerprint density at radius 3 is 2.38 bits per heavy atom. The van der Waals surface area contributed by atoms with E-state index in [1.54, 1.807) is 30.3 Å². The number of sulfonamides is 1. The van der Waals surface area contributed by atoms with Gasteiger partial charge in [0.15, 0.2) is 0 Å². The van der Waals surface area contributed by atoms with Crippen molar-refractivity contribution < 1.29 is 46.7 Å². The Morgan fingerprint density at radius 2 is 1.73 bits per heavy atom. The molecule has 2 heterocycles. The second-order valence-electron chi connectivity index (χ2n) is 15.9. The minimum absolute atomic E-state index is 0.000930. The first-order valence-electron chi connectivity index (χ1n) is 21.1. The molecule has 4 N–H and O–H groups in total. The van der Waals surface area contributed by atoms with E-state index in [1.807, 2.05) is 30.3 Å². The summed E-state index contributed by atoms with van der Waals surface area (Å²) in [4.78, 5) is 88.7. The number of rotatable bonds is 20. The van der Waals surface area contributed by atoms with Crippen LogP contribution in [0, 0.1) is 18.3 Å². The van der Waals surface area contributed by atoms with E-state index in [9.17, 15) is 37.2 Å². The van der Waals surface area contributed by atoms with E-state index in [1.165, 1.54) is 54.3 Å². The highest BCUT2D eigenvalue weighted by Crippen LogP contribution is 2.45. The SMILES string of the molecule is C#CCN(C)C(=O)CCCC(=O)NC(CNC(=O)C=C)C(=O)N1CC(Oc2cc(-c3ccccc3)nc3cc(OC)ccc23)CC1C(=O)NC1(C(=O)NS(=O)(=O)c2ccccc2)CC1C=C. The fourth-order valence-corrected chi connectivity index (χ4v) is 8.74. The van der Waals surface area contributed by atoms with Crippen LogP contribution in [0.4, 0.5) is 0 Å². The van der Waals surface area contributed by atoms with Crippen LogP contribution in [-0.2, 0) is 38.8 Å². The predicted molar refractivity (Wildman–Crippen MR) is 245 cm³/mol. The Kier molecular flexibility index (Phi) is 15.2. The molecule has 66 heavy (non-hydrogen) atoms. The lowest BCUT2D eigenvalue weighted by Gasteiger charge is -2.30. The van der Waals surface area contributed by atoms with Gasteiger partial charge in [-0.25, -0.2) is 18.1 Å². The lowest BCUT2D eigenvalue weighted by molar-refractivity contribution is -0.142. The molecule has 5 atom stereocenters. The van der Waals surface area contributed by atoms with Gasteiger partial charge < -0.3 is 35.2 Å². The van der Waals surface area contributed by atoms with Gasteiger partial charge in [-0.05, 0) is 43.2 Å². The molecule has 1 aliphatic carbocycles. The van der Waals surface area contributed by atoms with Gasteiger partial charge in [0.05, 0.1) is 36.3 Å². The van der Waals surface area contributed by atoms with Gasteiger partial charge >= 0.3 is 0 Å². The van der Waals surface area contributed by atoms with Crippen LogP contribution in [0.15, 0.2) is 115 Å². The van der Waals surface area contributed by atoms with Crippen molar-refractivity contribution in [2.45, 2.75) is 60.7 Å². The number of nitrogens with one attached hydrogen (secondary N) is 4. The highest BCUT2D eigenvalue weighted by Gasteiger charge is 2.61. The lowest BCUT2D eigenvalue weighted by atomic mass is 10.1. The number of benzene rings is 3. The van der Waals surface area contributed by atoms with Crippen LogP contribution in [0.5, 0.6) is 11.5 Å². The fraction of sp³-hybridized carbons (Fsp3) is 0.312. The van der Waals surface area contributed by atoms with Gasteiger partial charge in [0, 0.05) is 61.9 Å². The van der Waals surface area contributed by atoms with Gasteiger partial charge in [0.1, 0.15) is 35.2 Å². The summed E-state index contributed by atoms with van der Waals surface area (Å²) in [6, 6.07) is 20.9. The highest BCUT2D eigenvalue weighted by atomic mass is 32.2. The molecule has 0 radical (unpaired) electrons. The third-order valence-corrected chi connectivity index (χ3v) is 12.7. The van der Waals surface area contributed by atoms with Crippen LogP contribution >= 0.6 is 0 Å². The van der Waals surface area contributed by atoms with Crippen molar-refractivity contribution in [3.8, 4) is 35.1 Å². The number of ether oxygens (including phenoxy) is 2. The minimum atomic E-state index is -4.35. The van der Waals surface area contributed by atoms with Crippen molar-refractivity contribution in [3.63, 3.8) is 0 Å². The summed E-state index contributed by atoms with van der Waals surface area (Å²) in [5.41, 5.74) is 0.157. The molecule has 1 aliphatic heterocycles. The van der Waals surface area contributed by atoms with E-state index in [-0.39, 0.29) is 56.0 Å². The zero-order valence-corrected chi connectivity index (χ0v) is 37.3. The number of carbonyl (C=O) groups excluding carboxylic acids is 6. The molecule has 17 nitrogen and oxygen atoms in total. The number of terminal acetylenes is 1. The van der Waals surface area contributed by atoms with E-state index in [4.69, 9.17) is 20.9 Å². The van der Waals surface area contributed by atoms with Gasteiger partial charge in [-0.2, -0.15) is 0 Å². The summed E-state index contributed by atoms with van der Waals surface area (Å²) < 4.78 is 40.7. The number of hydrogen-bond donors (Lipinski definition) is 4. The molecule has 2 fully saturated rings. The molecule has 6 amide bonds. The molecule has 18 heteroatoms. The maximum atomic E-state index is 14.8. The molecule has 0 bridgehead atoms. The summed E-state index contributed by atoms with van der Waals surface area (Å²) >= 11 is 0. The molecular weight excluding hydrogens is 867 g/mol. The summed E-state index contributed by atoms with van der Waals surface area (Å²) in [7, 11) is -1.28. The number of methoxy groups -OCH3 is 1. The van der Waals surface area contributed by atoms with E-state index in [0.717, 1.165) is 11.6 Å². The van der Waals surface area contributed by atoms with Crippen molar-refractivity contribution in [2.75, 3.05) is 33.8 Å². The van der Waals surface area contributed by atoms with Crippen molar-refractivity contribution >= 4 is 56.4 Å². The Balaban J connectivity index is 1.32. The molecule has 6 rings (SSSR count). The molecule has 3 aromatic carbocycles. The summed E-state index contributed by atoms with van der Waals surface area (Å²) in [5.74, 6) is -1.48. The van der Waals surface area contributed by atoms with Crippen LogP contribution in [0.25, 0.3) is 22.2 Å². The zero-order chi connectivity index (χ0) is 47.6. The summed E-state index contributed by atoms with van der Waals surface area (Å²) in [6.45, 7) is 6.71. The van der Waals surface area contributed by atoms with Crippen LogP contribution in [-0.4, -0.2) is 116 Å².